The molecule has 102 valence electrons. The third-order valence-corrected chi connectivity index (χ3v) is 3.12. The van der Waals surface area contributed by atoms with E-state index < -0.39 is 0 Å². The molecule has 0 aliphatic heterocycles. The molecule has 0 bridgehead atoms. The van der Waals surface area contributed by atoms with Crippen molar-refractivity contribution in [1.82, 2.24) is 14.9 Å². The monoisotopic (exact) mass is 271 g/mol. The molecule has 6 nitrogen and oxygen atoms in total. The Labute approximate surface area is 114 Å². The molecular weight excluding hydrogens is 258 g/mol. The predicted octanol–water partition coefficient (Wildman–Crippen LogP) is 1.35. The molecular formula is C14H13N3O3. The Kier molecular flexibility index (Phi) is 3.08. The van der Waals surface area contributed by atoms with Crippen LogP contribution in [0.4, 0.5) is 0 Å². The molecule has 0 saturated heterocycles. The molecule has 2 heterocycles. The number of nitrogens with zero attached hydrogens (tertiary/aromatic N) is 3. The van der Waals surface area contributed by atoms with Gasteiger partial charge in [0.2, 0.25) is 0 Å². The average Bonchev–Trinajstić information content (AvgIpc) is 2.86. The Hall–Kier alpha value is -2.47. The largest absolute Gasteiger partial charge is 0.394 e. The van der Waals surface area contributed by atoms with Gasteiger partial charge in [-0.1, -0.05) is 35.5 Å². The maximum Gasteiger partial charge on any atom is 0.296 e. The number of aliphatic hydroxyl groups is 1. The summed E-state index contributed by atoms with van der Waals surface area (Å²) in [7, 11) is 0. The minimum atomic E-state index is -0.356. The van der Waals surface area contributed by atoms with Crippen LogP contribution in [-0.4, -0.2) is 26.7 Å². The van der Waals surface area contributed by atoms with Crippen LogP contribution >= 0.6 is 0 Å². The van der Waals surface area contributed by atoms with E-state index in [-0.39, 0.29) is 24.2 Å². The second kappa shape index (κ2) is 4.90. The molecule has 2 aromatic heterocycles. The molecule has 0 amide bonds. The highest BCUT2D eigenvalue weighted by Gasteiger charge is 2.18. The van der Waals surface area contributed by atoms with Crippen molar-refractivity contribution in [3.63, 3.8) is 0 Å². The van der Waals surface area contributed by atoms with Gasteiger partial charge in [-0.3, -0.25) is 4.79 Å². The van der Waals surface area contributed by atoms with Crippen LogP contribution in [0.2, 0.25) is 0 Å². The summed E-state index contributed by atoms with van der Waals surface area (Å²) in [6.07, 6.45) is 0. The van der Waals surface area contributed by atoms with Crippen molar-refractivity contribution in [3.05, 3.63) is 46.4 Å². The zero-order valence-corrected chi connectivity index (χ0v) is 10.9. The Morgan fingerprint density at radius 2 is 2.05 bits per heavy atom. The molecule has 1 N–H and O–H groups in total. The van der Waals surface area contributed by atoms with Gasteiger partial charge in [-0.25, -0.2) is 4.68 Å². The smallest absolute Gasteiger partial charge is 0.296 e. The zero-order chi connectivity index (χ0) is 14.1. The van der Waals surface area contributed by atoms with Crippen LogP contribution < -0.4 is 5.56 Å². The highest BCUT2D eigenvalue weighted by Crippen LogP contribution is 2.26. The first-order valence-electron chi connectivity index (χ1n) is 6.25. The van der Waals surface area contributed by atoms with Crippen molar-refractivity contribution in [1.29, 1.82) is 0 Å². The van der Waals surface area contributed by atoms with E-state index in [0.29, 0.717) is 16.8 Å². The second-order valence-electron chi connectivity index (χ2n) is 4.43. The molecule has 0 aliphatic carbocycles. The van der Waals surface area contributed by atoms with Crippen LogP contribution in [0.5, 0.6) is 0 Å². The summed E-state index contributed by atoms with van der Waals surface area (Å²) in [6, 6.07) is 9.51. The van der Waals surface area contributed by atoms with Crippen molar-refractivity contribution < 1.29 is 9.63 Å². The van der Waals surface area contributed by atoms with Gasteiger partial charge < -0.3 is 9.63 Å². The lowest BCUT2D eigenvalue weighted by Crippen LogP contribution is -2.25. The van der Waals surface area contributed by atoms with E-state index in [0.717, 1.165) is 5.56 Å². The predicted molar refractivity (Wildman–Crippen MR) is 73.3 cm³/mol. The molecule has 0 fully saturated rings. The summed E-state index contributed by atoms with van der Waals surface area (Å²) >= 11 is 0. The van der Waals surface area contributed by atoms with Gasteiger partial charge in [-0.05, 0) is 6.92 Å². The number of rotatable bonds is 3. The van der Waals surface area contributed by atoms with E-state index in [1.807, 2.05) is 30.3 Å². The van der Waals surface area contributed by atoms with Crippen LogP contribution in [0.15, 0.2) is 39.6 Å². The van der Waals surface area contributed by atoms with Gasteiger partial charge in [0.05, 0.1) is 18.5 Å². The lowest BCUT2D eigenvalue weighted by Gasteiger charge is -2.07. The molecule has 3 rings (SSSR count). The normalized spacial score (nSPS) is 11.1. The molecule has 0 aliphatic rings. The number of aromatic nitrogens is 3. The molecule has 0 unspecified atom stereocenters. The van der Waals surface area contributed by atoms with Crippen molar-refractivity contribution >= 4 is 10.9 Å². The zero-order valence-electron chi connectivity index (χ0n) is 10.9. The lowest BCUT2D eigenvalue weighted by atomic mass is 10.1. The second-order valence-corrected chi connectivity index (χ2v) is 4.43. The SMILES string of the molecule is Cc1onc2c(=O)n(CCO)nc(-c3ccccc3)c12. The van der Waals surface area contributed by atoms with Crippen molar-refractivity contribution in [3.8, 4) is 11.3 Å². The molecule has 0 spiro atoms. The summed E-state index contributed by atoms with van der Waals surface area (Å²) in [4.78, 5) is 12.2. The molecule has 0 radical (unpaired) electrons. The highest BCUT2D eigenvalue weighted by molar-refractivity contribution is 5.92. The topological polar surface area (TPSA) is 81.2 Å². The quantitative estimate of drug-likeness (QED) is 0.777. The molecule has 6 heteroatoms. The van der Waals surface area contributed by atoms with Gasteiger partial charge >= 0.3 is 0 Å². The summed E-state index contributed by atoms with van der Waals surface area (Å²) in [5.41, 5.74) is 1.39. The fourth-order valence-corrected chi connectivity index (χ4v) is 2.18. The summed E-state index contributed by atoms with van der Waals surface area (Å²) in [5.74, 6) is 0.555. The first-order chi connectivity index (χ1) is 9.72. The number of fused-ring (bicyclic) bond motifs is 1. The fourth-order valence-electron chi connectivity index (χ4n) is 2.18. The first kappa shape index (κ1) is 12.6. The van der Waals surface area contributed by atoms with Crippen LogP contribution in [0.1, 0.15) is 5.76 Å². The molecule has 1 aromatic carbocycles. The highest BCUT2D eigenvalue weighted by atomic mass is 16.5. The Balaban J connectivity index is 2.38. The van der Waals surface area contributed by atoms with Gasteiger partial charge in [0.1, 0.15) is 11.5 Å². The summed E-state index contributed by atoms with van der Waals surface area (Å²) in [6.45, 7) is 1.71. The standard InChI is InChI=1S/C14H13N3O3/c1-9-11-12(10-5-3-2-4-6-10)15-17(7-8-18)14(19)13(11)16-20-9/h2-6,18H,7-8H2,1H3. The average molecular weight is 271 g/mol. The lowest BCUT2D eigenvalue weighted by molar-refractivity contribution is 0.266. The van der Waals surface area contributed by atoms with Crippen LogP contribution in [0.25, 0.3) is 22.2 Å². The Morgan fingerprint density at radius 1 is 1.30 bits per heavy atom. The van der Waals surface area contributed by atoms with Gasteiger partial charge in [0, 0.05) is 5.56 Å². The van der Waals surface area contributed by atoms with E-state index in [1.165, 1.54) is 4.68 Å². The van der Waals surface area contributed by atoms with Crippen molar-refractivity contribution in [2.24, 2.45) is 0 Å². The Bertz CT molecular complexity index is 806. The molecule has 0 saturated carbocycles. The van der Waals surface area contributed by atoms with Gasteiger partial charge in [-0.15, -0.1) is 0 Å². The number of hydrogen-bond acceptors (Lipinski definition) is 5. The van der Waals surface area contributed by atoms with E-state index in [4.69, 9.17) is 9.63 Å². The molecule has 0 atom stereocenters. The molecule has 20 heavy (non-hydrogen) atoms. The van der Waals surface area contributed by atoms with E-state index >= 15 is 0 Å². The maximum absolute atomic E-state index is 12.2. The van der Waals surface area contributed by atoms with E-state index in [2.05, 4.69) is 10.3 Å². The van der Waals surface area contributed by atoms with Crippen molar-refractivity contribution in [2.45, 2.75) is 13.5 Å². The van der Waals surface area contributed by atoms with E-state index in [1.54, 1.807) is 6.92 Å². The van der Waals surface area contributed by atoms with E-state index in [9.17, 15) is 4.79 Å². The summed E-state index contributed by atoms with van der Waals surface area (Å²) in [5, 5.41) is 17.8. The van der Waals surface area contributed by atoms with Crippen molar-refractivity contribution in [2.75, 3.05) is 6.61 Å². The van der Waals surface area contributed by atoms with Gasteiger partial charge in [0.25, 0.3) is 5.56 Å². The number of aliphatic hydroxyl groups excluding tert-OH is 1. The van der Waals surface area contributed by atoms with Crippen LogP contribution in [-0.2, 0) is 6.54 Å². The summed E-state index contributed by atoms with van der Waals surface area (Å²) < 4.78 is 6.34. The van der Waals surface area contributed by atoms with Crippen LogP contribution in [0, 0.1) is 6.92 Å². The third-order valence-electron chi connectivity index (χ3n) is 3.12. The first-order valence-corrected chi connectivity index (χ1v) is 6.25. The Morgan fingerprint density at radius 3 is 2.75 bits per heavy atom. The van der Waals surface area contributed by atoms with Gasteiger partial charge in [0.15, 0.2) is 5.52 Å². The fraction of sp³-hybridized carbons (Fsp3) is 0.214. The molecule has 3 aromatic rings. The van der Waals surface area contributed by atoms with Crippen LogP contribution in [0.3, 0.4) is 0 Å². The number of benzene rings is 1. The number of aryl methyl sites for hydroxylation is 1. The minimum Gasteiger partial charge on any atom is -0.394 e. The number of hydrogen-bond donors (Lipinski definition) is 1. The van der Waals surface area contributed by atoms with Gasteiger partial charge in [-0.2, -0.15) is 5.10 Å². The minimum absolute atomic E-state index is 0.126. The maximum atomic E-state index is 12.2. The third kappa shape index (κ3) is 1.90.